The molecule has 3 aromatic carbocycles. The molecule has 0 fully saturated rings. The maximum Gasteiger partial charge on any atom is 0.419 e. The average molecular weight is 520 g/mol. The van der Waals surface area contributed by atoms with E-state index in [1.807, 2.05) is 0 Å². The Labute approximate surface area is 210 Å². The van der Waals surface area contributed by atoms with Crippen LogP contribution in [-0.2, 0) is 28.7 Å². The number of ether oxygens (including phenoxy) is 2. The molecule has 0 radical (unpaired) electrons. The molecule has 0 saturated carbocycles. The molecule has 10 heteroatoms. The van der Waals surface area contributed by atoms with Crippen molar-refractivity contribution in [3.05, 3.63) is 82.7 Å². The fourth-order valence-corrected chi connectivity index (χ4v) is 3.50. The van der Waals surface area contributed by atoms with Gasteiger partial charge in [0.25, 0.3) is 0 Å². The van der Waals surface area contributed by atoms with Gasteiger partial charge in [-0.25, -0.2) is 9.18 Å². The van der Waals surface area contributed by atoms with Crippen LogP contribution in [0.15, 0.2) is 54.6 Å². The highest BCUT2D eigenvalue weighted by Gasteiger charge is 2.37. The van der Waals surface area contributed by atoms with E-state index in [4.69, 9.17) is 14.6 Å². The number of esters is 1. The molecular weight excluding hydrogens is 496 g/mol. The van der Waals surface area contributed by atoms with Crippen LogP contribution < -0.4 is 4.74 Å². The first-order valence-electron chi connectivity index (χ1n) is 11.0. The number of hydrogen-bond acceptors (Lipinski definition) is 5. The zero-order valence-electron chi connectivity index (χ0n) is 20.1. The van der Waals surface area contributed by atoms with Gasteiger partial charge < -0.3 is 19.7 Å². The Balaban J connectivity index is 1.86. The molecule has 3 aromatic rings. The van der Waals surface area contributed by atoms with E-state index >= 15 is 0 Å². The van der Waals surface area contributed by atoms with Gasteiger partial charge in [-0.15, -0.1) is 0 Å². The highest BCUT2D eigenvalue weighted by Crippen LogP contribution is 2.39. The van der Waals surface area contributed by atoms with Crippen molar-refractivity contribution in [2.75, 3.05) is 0 Å². The number of phenols is 1. The number of alkyl halides is 3. The van der Waals surface area contributed by atoms with Crippen LogP contribution in [0, 0.1) is 5.82 Å². The number of hydrogen-bond donors (Lipinski definition) is 2. The van der Waals surface area contributed by atoms with Gasteiger partial charge in [-0.1, -0.05) is 30.3 Å². The van der Waals surface area contributed by atoms with Gasteiger partial charge in [0.1, 0.15) is 35.1 Å². The molecule has 0 bridgehead atoms. The van der Waals surface area contributed by atoms with Crippen LogP contribution in [0.4, 0.5) is 17.6 Å². The van der Waals surface area contributed by atoms with Gasteiger partial charge in [0.05, 0.1) is 12.0 Å². The maximum absolute atomic E-state index is 14.8. The third-order valence-electron chi connectivity index (χ3n) is 5.13. The Morgan fingerprint density at radius 2 is 1.59 bits per heavy atom. The van der Waals surface area contributed by atoms with Crippen molar-refractivity contribution < 1.29 is 46.8 Å². The van der Waals surface area contributed by atoms with E-state index in [9.17, 15) is 32.3 Å². The Bertz CT molecular complexity index is 1310. The Morgan fingerprint density at radius 1 is 0.946 bits per heavy atom. The number of carboxylic acids is 1. The van der Waals surface area contributed by atoms with E-state index in [1.54, 1.807) is 24.3 Å². The van der Waals surface area contributed by atoms with E-state index in [0.29, 0.717) is 17.2 Å². The number of carbonyl (C=O) groups excluding carboxylic acids is 1. The molecule has 0 aromatic heterocycles. The normalized spacial score (nSPS) is 11.8. The molecular formula is C27H24F4O6. The molecule has 0 aliphatic rings. The minimum Gasteiger partial charge on any atom is -0.506 e. The molecule has 0 aliphatic carbocycles. The Kier molecular flexibility index (Phi) is 7.80. The summed E-state index contributed by atoms with van der Waals surface area (Å²) in [6, 6.07) is 11.8. The van der Waals surface area contributed by atoms with Gasteiger partial charge >= 0.3 is 18.1 Å². The van der Waals surface area contributed by atoms with Gasteiger partial charge in [-0.2, -0.15) is 13.2 Å². The van der Waals surface area contributed by atoms with Gasteiger partial charge in [0.15, 0.2) is 0 Å². The van der Waals surface area contributed by atoms with Crippen LogP contribution in [0.1, 0.15) is 47.8 Å². The predicted octanol–water partition coefficient (Wildman–Crippen LogP) is 6.38. The van der Waals surface area contributed by atoms with E-state index in [-0.39, 0.29) is 23.3 Å². The molecule has 0 aliphatic heterocycles. The largest absolute Gasteiger partial charge is 0.506 e. The summed E-state index contributed by atoms with van der Waals surface area (Å²) in [5, 5.41) is 19.1. The molecule has 0 heterocycles. The molecule has 0 amide bonds. The van der Waals surface area contributed by atoms with E-state index in [0.717, 1.165) is 12.1 Å². The predicted molar refractivity (Wildman–Crippen MR) is 126 cm³/mol. The summed E-state index contributed by atoms with van der Waals surface area (Å²) in [5.74, 6) is -4.07. The second kappa shape index (κ2) is 10.5. The minimum atomic E-state index is -4.91. The number of aromatic hydroxyl groups is 1. The van der Waals surface area contributed by atoms with Crippen molar-refractivity contribution in [1.29, 1.82) is 0 Å². The molecule has 0 saturated heterocycles. The average Bonchev–Trinajstić information content (AvgIpc) is 2.76. The second-order valence-corrected chi connectivity index (χ2v) is 9.19. The van der Waals surface area contributed by atoms with E-state index < -0.39 is 53.0 Å². The van der Waals surface area contributed by atoms with Crippen LogP contribution in [0.25, 0.3) is 11.1 Å². The molecule has 0 unspecified atom stereocenters. The number of rotatable bonds is 7. The summed E-state index contributed by atoms with van der Waals surface area (Å²) < 4.78 is 65.4. The third-order valence-corrected chi connectivity index (χ3v) is 5.13. The molecule has 37 heavy (non-hydrogen) atoms. The lowest BCUT2D eigenvalue weighted by atomic mass is 10.0. The topological polar surface area (TPSA) is 93.1 Å². The summed E-state index contributed by atoms with van der Waals surface area (Å²) >= 11 is 0. The molecule has 3 rings (SSSR count). The first kappa shape index (κ1) is 27.5. The summed E-state index contributed by atoms with van der Waals surface area (Å²) in [6.45, 7) is 4.12. The number of carbonyl (C=O) groups is 2. The van der Waals surface area contributed by atoms with Crippen LogP contribution in [0.5, 0.6) is 11.5 Å². The fraction of sp³-hybridized carbons (Fsp3) is 0.259. The first-order valence-corrected chi connectivity index (χ1v) is 11.0. The number of phenolic OH excluding ortho intramolecular Hbond substituents is 1. The second-order valence-electron chi connectivity index (χ2n) is 9.19. The van der Waals surface area contributed by atoms with Crippen molar-refractivity contribution in [3.8, 4) is 22.6 Å². The van der Waals surface area contributed by atoms with Crippen molar-refractivity contribution >= 4 is 11.9 Å². The standard InChI is InChI=1S/C27H24F4O6/c1-26(2,3)37-25(35)23-17(8-11-20(24(23)34)27(29,30)31)14-36-18-9-10-19(21(28)13-18)16-6-4-15(5-7-16)12-22(32)33/h4-11,13,34H,12,14H2,1-3H3,(H,32,33). The monoisotopic (exact) mass is 520 g/mol. The first-order chi connectivity index (χ1) is 17.2. The lowest BCUT2D eigenvalue weighted by Gasteiger charge is -2.22. The number of carboxylic acid groups (broad SMARTS) is 1. The Morgan fingerprint density at radius 3 is 2.14 bits per heavy atom. The van der Waals surface area contributed by atoms with Crippen molar-refractivity contribution in [3.63, 3.8) is 0 Å². The zero-order valence-corrected chi connectivity index (χ0v) is 20.1. The van der Waals surface area contributed by atoms with Crippen LogP contribution in [-0.4, -0.2) is 27.8 Å². The smallest absolute Gasteiger partial charge is 0.419 e. The van der Waals surface area contributed by atoms with Crippen LogP contribution in [0.2, 0.25) is 0 Å². The molecule has 0 spiro atoms. The number of benzene rings is 3. The van der Waals surface area contributed by atoms with Crippen LogP contribution in [0.3, 0.4) is 0 Å². The number of aliphatic carboxylic acids is 1. The number of halogens is 4. The van der Waals surface area contributed by atoms with E-state index in [2.05, 4.69) is 0 Å². The summed E-state index contributed by atoms with van der Waals surface area (Å²) in [4.78, 5) is 23.4. The van der Waals surface area contributed by atoms with Gasteiger partial charge in [0.2, 0.25) is 0 Å². The summed E-state index contributed by atoms with van der Waals surface area (Å²) in [7, 11) is 0. The van der Waals surface area contributed by atoms with Crippen molar-refractivity contribution in [2.45, 2.75) is 45.6 Å². The highest BCUT2D eigenvalue weighted by atomic mass is 19.4. The van der Waals surface area contributed by atoms with Gasteiger partial charge in [-0.3, -0.25) is 4.79 Å². The lowest BCUT2D eigenvalue weighted by Crippen LogP contribution is -2.25. The molecule has 196 valence electrons. The Hall–Kier alpha value is -4.08. The lowest BCUT2D eigenvalue weighted by molar-refractivity contribution is -0.139. The maximum atomic E-state index is 14.8. The molecule has 2 N–H and O–H groups in total. The summed E-state index contributed by atoms with van der Waals surface area (Å²) in [5.41, 5.74) is -1.95. The fourth-order valence-electron chi connectivity index (χ4n) is 3.50. The quantitative estimate of drug-likeness (QED) is 0.278. The van der Waals surface area contributed by atoms with E-state index in [1.165, 1.54) is 32.9 Å². The zero-order chi connectivity index (χ0) is 27.5. The highest BCUT2D eigenvalue weighted by molar-refractivity contribution is 5.95. The summed E-state index contributed by atoms with van der Waals surface area (Å²) in [6.07, 6.45) is -5.08. The van der Waals surface area contributed by atoms with Gasteiger partial charge in [-0.05, 0) is 50.1 Å². The van der Waals surface area contributed by atoms with Gasteiger partial charge in [0, 0.05) is 17.2 Å². The SMILES string of the molecule is CC(C)(C)OC(=O)c1c(COc2ccc(-c3ccc(CC(=O)O)cc3)c(F)c2)ccc(C(F)(F)F)c1O. The van der Waals surface area contributed by atoms with Crippen molar-refractivity contribution in [2.24, 2.45) is 0 Å². The minimum absolute atomic E-state index is 0.0262. The van der Waals surface area contributed by atoms with Crippen molar-refractivity contribution in [1.82, 2.24) is 0 Å². The molecule has 0 atom stereocenters. The van der Waals surface area contributed by atoms with Crippen LogP contribution >= 0.6 is 0 Å². The molecule has 6 nitrogen and oxygen atoms in total. The third kappa shape index (κ3) is 6.99.